The van der Waals surface area contributed by atoms with Crippen molar-refractivity contribution in [2.24, 2.45) is 7.05 Å². The Hall–Kier alpha value is -0.910. The van der Waals surface area contributed by atoms with Crippen molar-refractivity contribution in [1.82, 2.24) is 14.7 Å². The fourth-order valence-electron chi connectivity index (χ4n) is 2.58. The largest absolute Gasteiger partial charge is 0.379 e. The molecule has 0 aliphatic carbocycles. The molecule has 2 aromatic rings. The number of hydrogen-bond acceptors (Lipinski definition) is 3. The van der Waals surface area contributed by atoms with Crippen LogP contribution in [0, 0.1) is 0 Å². The van der Waals surface area contributed by atoms with Crippen LogP contribution >= 0.6 is 15.9 Å². The zero-order valence-electron chi connectivity index (χ0n) is 11.1. The summed E-state index contributed by atoms with van der Waals surface area (Å²) < 4.78 is 8.44. The van der Waals surface area contributed by atoms with Crippen molar-refractivity contribution in [2.45, 2.75) is 6.42 Å². The Bertz CT molecular complexity index is 575. The van der Waals surface area contributed by atoms with Gasteiger partial charge in [-0.15, -0.1) is 0 Å². The molecule has 0 unspecified atom stereocenters. The molecule has 0 radical (unpaired) electrons. The van der Waals surface area contributed by atoms with Crippen molar-refractivity contribution in [2.75, 3.05) is 32.8 Å². The first-order chi connectivity index (χ1) is 9.24. The van der Waals surface area contributed by atoms with E-state index in [9.17, 15) is 0 Å². The van der Waals surface area contributed by atoms with E-state index in [4.69, 9.17) is 4.74 Å². The molecule has 0 N–H and O–H groups in total. The number of aromatic nitrogens is 2. The van der Waals surface area contributed by atoms with Crippen LogP contribution in [0.2, 0.25) is 0 Å². The Labute approximate surface area is 121 Å². The van der Waals surface area contributed by atoms with Gasteiger partial charge in [0, 0.05) is 43.0 Å². The first kappa shape index (κ1) is 13.1. The molecule has 1 aliphatic rings. The van der Waals surface area contributed by atoms with E-state index in [-0.39, 0.29) is 0 Å². The Morgan fingerprint density at radius 1 is 1.32 bits per heavy atom. The van der Waals surface area contributed by atoms with Gasteiger partial charge in [0.1, 0.15) is 0 Å². The highest BCUT2D eigenvalue weighted by molar-refractivity contribution is 9.10. The molecule has 1 saturated heterocycles. The van der Waals surface area contributed by atoms with E-state index in [1.54, 1.807) is 0 Å². The second-order valence-corrected chi connectivity index (χ2v) is 5.85. The second-order valence-electron chi connectivity index (χ2n) is 4.94. The van der Waals surface area contributed by atoms with Gasteiger partial charge in [-0.1, -0.05) is 15.9 Å². The Morgan fingerprint density at radius 2 is 2.11 bits per heavy atom. The minimum Gasteiger partial charge on any atom is -0.379 e. The monoisotopic (exact) mass is 323 g/mol. The fourth-order valence-corrected chi connectivity index (χ4v) is 2.93. The molecule has 1 aromatic heterocycles. The zero-order valence-corrected chi connectivity index (χ0v) is 12.7. The van der Waals surface area contributed by atoms with Gasteiger partial charge >= 0.3 is 0 Å². The summed E-state index contributed by atoms with van der Waals surface area (Å²) in [7, 11) is 2.01. The summed E-state index contributed by atoms with van der Waals surface area (Å²) in [4.78, 5) is 2.45. The van der Waals surface area contributed by atoms with Crippen LogP contribution in [0.25, 0.3) is 10.9 Å². The number of fused-ring (bicyclic) bond motifs is 1. The van der Waals surface area contributed by atoms with Gasteiger partial charge in [0.05, 0.1) is 24.4 Å². The molecule has 19 heavy (non-hydrogen) atoms. The first-order valence-corrected chi connectivity index (χ1v) is 7.44. The lowest BCUT2D eigenvalue weighted by molar-refractivity contribution is 0.0383. The summed E-state index contributed by atoms with van der Waals surface area (Å²) in [5.41, 5.74) is 2.38. The van der Waals surface area contributed by atoms with Crippen molar-refractivity contribution in [3.63, 3.8) is 0 Å². The summed E-state index contributed by atoms with van der Waals surface area (Å²) in [5, 5.41) is 5.92. The Morgan fingerprint density at radius 3 is 2.89 bits per heavy atom. The van der Waals surface area contributed by atoms with Crippen molar-refractivity contribution < 1.29 is 4.74 Å². The predicted octanol–water partition coefficient (Wildman–Crippen LogP) is 2.21. The lowest BCUT2D eigenvalue weighted by atomic mass is 10.1. The summed E-state index contributed by atoms with van der Waals surface area (Å²) in [6.45, 7) is 4.85. The molecule has 5 heteroatoms. The van der Waals surface area contributed by atoms with Crippen LogP contribution in [0.4, 0.5) is 0 Å². The summed E-state index contributed by atoms with van der Waals surface area (Å²) in [5.74, 6) is 0. The Balaban J connectivity index is 1.77. The van der Waals surface area contributed by atoms with E-state index in [0.29, 0.717) is 0 Å². The molecule has 1 fully saturated rings. The van der Waals surface area contributed by atoms with Crippen LogP contribution in [0.1, 0.15) is 5.69 Å². The van der Waals surface area contributed by atoms with Crippen LogP contribution in [0.15, 0.2) is 22.7 Å². The first-order valence-electron chi connectivity index (χ1n) is 6.65. The number of rotatable bonds is 3. The zero-order chi connectivity index (χ0) is 13.2. The third kappa shape index (κ3) is 2.83. The SMILES string of the molecule is Cn1nc(CCN2CCOCC2)c2ccc(Br)cc21. The molecule has 3 rings (SSSR count). The van der Waals surface area contributed by atoms with Gasteiger partial charge in [0.15, 0.2) is 0 Å². The van der Waals surface area contributed by atoms with Gasteiger partial charge in [0.2, 0.25) is 0 Å². The predicted molar refractivity (Wildman–Crippen MR) is 79.4 cm³/mol. The van der Waals surface area contributed by atoms with E-state index in [0.717, 1.165) is 43.7 Å². The lowest BCUT2D eigenvalue weighted by Crippen LogP contribution is -2.37. The molecule has 0 spiro atoms. The van der Waals surface area contributed by atoms with Crippen molar-refractivity contribution in [3.05, 3.63) is 28.4 Å². The molecule has 102 valence electrons. The van der Waals surface area contributed by atoms with Crippen LogP contribution < -0.4 is 0 Å². The number of hydrogen-bond donors (Lipinski definition) is 0. The van der Waals surface area contributed by atoms with Gasteiger partial charge in [-0.25, -0.2) is 0 Å². The number of nitrogens with zero attached hydrogens (tertiary/aromatic N) is 3. The molecule has 1 aromatic carbocycles. The van der Waals surface area contributed by atoms with E-state index in [1.165, 1.54) is 16.6 Å². The van der Waals surface area contributed by atoms with Gasteiger partial charge in [-0.2, -0.15) is 5.10 Å². The second kappa shape index (κ2) is 5.61. The number of morpholine rings is 1. The molecule has 2 heterocycles. The van der Waals surface area contributed by atoms with E-state index < -0.39 is 0 Å². The summed E-state index contributed by atoms with van der Waals surface area (Å²) in [6, 6.07) is 6.36. The van der Waals surface area contributed by atoms with Crippen molar-refractivity contribution in [3.8, 4) is 0 Å². The van der Waals surface area contributed by atoms with Crippen LogP contribution in [0.3, 0.4) is 0 Å². The van der Waals surface area contributed by atoms with Crippen molar-refractivity contribution in [1.29, 1.82) is 0 Å². The number of halogens is 1. The third-order valence-electron chi connectivity index (χ3n) is 3.66. The van der Waals surface area contributed by atoms with E-state index in [2.05, 4.69) is 44.1 Å². The molecule has 4 nitrogen and oxygen atoms in total. The average molecular weight is 324 g/mol. The molecule has 0 saturated carbocycles. The van der Waals surface area contributed by atoms with Crippen molar-refractivity contribution >= 4 is 26.8 Å². The highest BCUT2D eigenvalue weighted by Crippen LogP contribution is 2.22. The van der Waals surface area contributed by atoms with Crippen LogP contribution in [-0.4, -0.2) is 47.5 Å². The molecule has 0 atom stereocenters. The molecule has 0 bridgehead atoms. The topological polar surface area (TPSA) is 30.3 Å². The van der Waals surface area contributed by atoms with E-state index >= 15 is 0 Å². The third-order valence-corrected chi connectivity index (χ3v) is 4.15. The van der Waals surface area contributed by atoms with Gasteiger partial charge < -0.3 is 4.74 Å². The molecule has 0 amide bonds. The average Bonchev–Trinajstić information content (AvgIpc) is 2.74. The number of aryl methyl sites for hydroxylation is 1. The summed E-state index contributed by atoms with van der Waals surface area (Å²) in [6.07, 6.45) is 0.999. The number of benzene rings is 1. The van der Waals surface area contributed by atoms with Gasteiger partial charge in [-0.3, -0.25) is 9.58 Å². The van der Waals surface area contributed by atoms with E-state index in [1.807, 2.05) is 11.7 Å². The highest BCUT2D eigenvalue weighted by Gasteiger charge is 2.13. The lowest BCUT2D eigenvalue weighted by Gasteiger charge is -2.26. The minimum atomic E-state index is 0.857. The highest BCUT2D eigenvalue weighted by atomic mass is 79.9. The fraction of sp³-hybridized carbons (Fsp3) is 0.500. The maximum absolute atomic E-state index is 5.37. The van der Waals surface area contributed by atoms with Crippen LogP contribution in [-0.2, 0) is 18.2 Å². The quantitative estimate of drug-likeness (QED) is 0.867. The molecular formula is C14H18BrN3O. The normalized spacial score (nSPS) is 17.2. The van der Waals surface area contributed by atoms with Gasteiger partial charge in [0.25, 0.3) is 0 Å². The smallest absolute Gasteiger partial charge is 0.0716 e. The molecule has 1 aliphatic heterocycles. The minimum absolute atomic E-state index is 0.857. The van der Waals surface area contributed by atoms with Gasteiger partial charge in [-0.05, 0) is 18.2 Å². The number of ether oxygens (including phenoxy) is 1. The maximum atomic E-state index is 5.37. The summed E-state index contributed by atoms with van der Waals surface area (Å²) >= 11 is 3.51. The Kier molecular flexibility index (Phi) is 3.86. The maximum Gasteiger partial charge on any atom is 0.0716 e. The van der Waals surface area contributed by atoms with Crippen LogP contribution in [0.5, 0.6) is 0 Å². The molecular weight excluding hydrogens is 306 g/mol. The standard InChI is InChI=1S/C14H18BrN3O/c1-17-14-10-11(15)2-3-12(14)13(16-17)4-5-18-6-8-19-9-7-18/h2-3,10H,4-9H2,1H3.